The molecule has 0 aliphatic carbocycles. The number of nitrogens with zero attached hydrogens (tertiary/aromatic N) is 4. The summed E-state index contributed by atoms with van der Waals surface area (Å²) in [6.45, 7) is 5.94. The van der Waals surface area contributed by atoms with Gasteiger partial charge in [0.25, 0.3) is 0 Å². The molecule has 1 aliphatic rings. The molecule has 1 aromatic rings. The molecule has 0 spiro atoms. The van der Waals surface area contributed by atoms with Gasteiger partial charge in [-0.3, -0.25) is 4.90 Å². The Morgan fingerprint density at radius 1 is 1.24 bits per heavy atom. The van der Waals surface area contributed by atoms with Crippen LogP contribution in [0.4, 0.5) is 11.6 Å². The largest absolute Gasteiger partial charge is 0.353 e. The summed E-state index contributed by atoms with van der Waals surface area (Å²) in [5.74, 6) is 6.61. The maximum atomic E-state index is 6.25. The number of pyridine rings is 1. The Hall–Kier alpha value is -0.790. The van der Waals surface area contributed by atoms with Gasteiger partial charge >= 0.3 is 0 Å². The Morgan fingerprint density at radius 3 is 2.48 bits per heavy atom. The van der Waals surface area contributed by atoms with Gasteiger partial charge in [-0.2, -0.15) is 0 Å². The Morgan fingerprint density at radius 2 is 1.90 bits per heavy atom. The highest BCUT2D eigenvalue weighted by atomic mass is 35.5. The molecule has 118 valence electrons. The second kappa shape index (κ2) is 7.47. The molecule has 0 radical (unpaired) electrons. The third-order valence-electron chi connectivity index (χ3n) is 3.58. The van der Waals surface area contributed by atoms with Gasteiger partial charge in [-0.15, -0.1) is 0 Å². The first kappa shape index (κ1) is 16.6. The predicted molar refractivity (Wildman–Crippen MR) is 89.3 cm³/mol. The number of nitrogens with one attached hydrogen (secondary N) is 1. The van der Waals surface area contributed by atoms with Gasteiger partial charge < -0.3 is 15.2 Å². The molecule has 2 rings (SSSR count). The van der Waals surface area contributed by atoms with E-state index in [1.54, 1.807) is 6.07 Å². The number of halogens is 2. The summed E-state index contributed by atoms with van der Waals surface area (Å²) in [5, 5.41) is 0.983. The molecule has 1 saturated heterocycles. The lowest BCUT2D eigenvalue weighted by Gasteiger charge is -2.36. The van der Waals surface area contributed by atoms with Crippen molar-refractivity contribution in [2.24, 2.45) is 5.84 Å². The monoisotopic (exact) mass is 332 g/mol. The molecular formula is C13H22Cl2N6. The number of hydrogen-bond acceptors (Lipinski definition) is 6. The number of nitrogens with two attached hydrogens (primary N) is 1. The van der Waals surface area contributed by atoms with Gasteiger partial charge in [0, 0.05) is 39.3 Å². The van der Waals surface area contributed by atoms with Crippen LogP contribution in [-0.2, 0) is 0 Å². The molecule has 2 heterocycles. The Labute approximate surface area is 135 Å². The van der Waals surface area contributed by atoms with E-state index in [-0.39, 0.29) is 0 Å². The van der Waals surface area contributed by atoms with Gasteiger partial charge in [-0.1, -0.05) is 23.2 Å². The minimum Gasteiger partial charge on any atom is -0.353 e. The van der Waals surface area contributed by atoms with Crippen LogP contribution >= 0.6 is 23.2 Å². The fourth-order valence-corrected chi connectivity index (χ4v) is 2.84. The van der Waals surface area contributed by atoms with Crippen LogP contribution in [0, 0.1) is 0 Å². The summed E-state index contributed by atoms with van der Waals surface area (Å²) in [6, 6.07) is 1.68. The third kappa shape index (κ3) is 4.34. The van der Waals surface area contributed by atoms with Crippen molar-refractivity contribution >= 4 is 34.8 Å². The zero-order valence-electron chi connectivity index (χ0n) is 12.4. The zero-order valence-corrected chi connectivity index (χ0v) is 14.0. The van der Waals surface area contributed by atoms with Crippen molar-refractivity contribution in [1.82, 2.24) is 14.8 Å². The summed E-state index contributed by atoms with van der Waals surface area (Å²) in [5.41, 5.74) is 2.50. The number of aromatic nitrogens is 1. The van der Waals surface area contributed by atoms with Gasteiger partial charge in [0.2, 0.25) is 0 Å². The van der Waals surface area contributed by atoms with E-state index < -0.39 is 0 Å². The quantitative estimate of drug-likeness (QED) is 0.627. The molecule has 0 saturated carbocycles. The van der Waals surface area contributed by atoms with Crippen molar-refractivity contribution in [3.8, 4) is 0 Å². The molecule has 21 heavy (non-hydrogen) atoms. The minimum atomic E-state index is 0.427. The van der Waals surface area contributed by atoms with Crippen molar-refractivity contribution in [3.05, 3.63) is 16.1 Å². The van der Waals surface area contributed by atoms with Crippen LogP contribution in [0.5, 0.6) is 0 Å². The van der Waals surface area contributed by atoms with Crippen LogP contribution in [0.3, 0.4) is 0 Å². The number of anilines is 2. The van der Waals surface area contributed by atoms with Crippen molar-refractivity contribution in [2.45, 2.75) is 0 Å². The lowest BCUT2D eigenvalue weighted by molar-refractivity contribution is 0.229. The van der Waals surface area contributed by atoms with E-state index >= 15 is 0 Å². The van der Waals surface area contributed by atoms with Gasteiger partial charge in [-0.25, -0.2) is 10.8 Å². The highest BCUT2D eigenvalue weighted by Crippen LogP contribution is 2.31. The fraction of sp³-hybridized carbons (Fsp3) is 0.615. The van der Waals surface area contributed by atoms with Gasteiger partial charge in [0.05, 0.1) is 10.0 Å². The van der Waals surface area contributed by atoms with Gasteiger partial charge in [0.1, 0.15) is 5.82 Å². The first-order valence-corrected chi connectivity index (χ1v) is 7.71. The zero-order chi connectivity index (χ0) is 15.4. The first-order valence-electron chi connectivity index (χ1n) is 6.96. The van der Waals surface area contributed by atoms with Crippen LogP contribution in [0.15, 0.2) is 6.07 Å². The second-order valence-electron chi connectivity index (χ2n) is 5.40. The third-order valence-corrected chi connectivity index (χ3v) is 4.15. The molecule has 1 aromatic heterocycles. The van der Waals surface area contributed by atoms with E-state index in [0.29, 0.717) is 15.9 Å². The fourth-order valence-electron chi connectivity index (χ4n) is 2.30. The molecule has 1 aliphatic heterocycles. The Kier molecular flexibility index (Phi) is 5.89. The Balaban J connectivity index is 1.99. The van der Waals surface area contributed by atoms with Crippen molar-refractivity contribution in [3.63, 3.8) is 0 Å². The highest BCUT2D eigenvalue weighted by Gasteiger charge is 2.21. The molecule has 1 fully saturated rings. The van der Waals surface area contributed by atoms with Crippen molar-refractivity contribution in [2.75, 3.05) is 63.7 Å². The highest BCUT2D eigenvalue weighted by molar-refractivity contribution is 6.37. The molecule has 8 heteroatoms. The molecule has 0 unspecified atom stereocenters. The summed E-state index contributed by atoms with van der Waals surface area (Å²) in [4.78, 5) is 11.2. The predicted octanol–water partition coefficient (Wildman–Crippen LogP) is 1.36. The number of nitrogen functional groups attached to an aromatic ring is 1. The van der Waals surface area contributed by atoms with Gasteiger partial charge in [0.15, 0.2) is 5.82 Å². The summed E-state index contributed by atoms with van der Waals surface area (Å²) < 4.78 is 0. The number of rotatable bonds is 5. The molecule has 0 bridgehead atoms. The summed E-state index contributed by atoms with van der Waals surface area (Å²) in [6.07, 6.45) is 0. The minimum absolute atomic E-state index is 0.427. The van der Waals surface area contributed by atoms with Gasteiger partial charge in [-0.05, 0) is 20.2 Å². The van der Waals surface area contributed by atoms with Crippen molar-refractivity contribution in [1.29, 1.82) is 0 Å². The summed E-state index contributed by atoms with van der Waals surface area (Å²) in [7, 11) is 4.18. The maximum Gasteiger partial charge on any atom is 0.161 e. The molecule has 0 amide bonds. The van der Waals surface area contributed by atoms with E-state index in [1.807, 2.05) is 0 Å². The van der Waals surface area contributed by atoms with Crippen LogP contribution in [0.25, 0.3) is 0 Å². The number of piperazine rings is 1. The van der Waals surface area contributed by atoms with Crippen LogP contribution in [0.2, 0.25) is 10.0 Å². The van der Waals surface area contributed by atoms with Crippen LogP contribution < -0.4 is 16.2 Å². The smallest absolute Gasteiger partial charge is 0.161 e. The van der Waals surface area contributed by atoms with E-state index in [4.69, 9.17) is 29.0 Å². The number of hydrogen-bond donors (Lipinski definition) is 2. The maximum absolute atomic E-state index is 6.25. The van der Waals surface area contributed by atoms with Crippen LogP contribution in [-0.4, -0.2) is 68.1 Å². The van der Waals surface area contributed by atoms with Crippen LogP contribution in [0.1, 0.15) is 0 Å². The molecule has 0 aromatic carbocycles. The van der Waals surface area contributed by atoms with E-state index in [2.05, 4.69) is 39.2 Å². The lowest BCUT2D eigenvalue weighted by Crippen LogP contribution is -2.48. The topological polar surface area (TPSA) is 60.7 Å². The molecule has 0 atom stereocenters. The lowest BCUT2D eigenvalue weighted by atomic mass is 10.3. The van der Waals surface area contributed by atoms with Crippen molar-refractivity contribution < 1.29 is 0 Å². The SMILES string of the molecule is CN(C)CCN1CCN(c2nc(NN)c(Cl)cc2Cl)CC1. The molecular weight excluding hydrogens is 311 g/mol. The van der Waals surface area contributed by atoms with E-state index in [9.17, 15) is 0 Å². The summed E-state index contributed by atoms with van der Waals surface area (Å²) >= 11 is 12.3. The standard InChI is InChI=1S/C13H22Cl2N6/c1-19(2)3-4-20-5-7-21(8-6-20)13-11(15)9-10(14)12(17-13)18-16/h9H,3-8,16H2,1-2H3,(H,17,18). The molecule has 6 nitrogen and oxygen atoms in total. The second-order valence-corrected chi connectivity index (χ2v) is 6.21. The van der Waals surface area contributed by atoms with E-state index in [1.165, 1.54) is 0 Å². The van der Waals surface area contributed by atoms with E-state index in [0.717, 1.165) is 45.1 Å². The average Bonchev–Trinajstić information content (AvgIpc) is 2.46. The Bertz CT molecular complexity index is 474. The first-order chi connectivity index (χ1) is 10.0. The number of likely N-dealkylation sites (N-methyl/N-ethyl adjacent to an activating group) is 1. The normalized spacial score (nSPS) is 16.6. The number of hydrazine groups is 1. The average molecular weight is 333 g/mol. The molecule has 3 N–H and O–H groups in total.